The second-order valence-electron chi connectivity index (χ2n) is 4.16. The minimum atomic E-state index is -0.0291. The highest BCUT2D eigenvalue weighted by Crippen LogP contribution is 2.26. The molecule has 0 saturated heterocycles. The predicted molar refractivity (Wildman–Crippen MR) is 69.7 cm³/mol. The van der Waals surface area contributed by atoms with Gasteiger partial charge in [0.1, 0.15) is 0 Å². The lowest BCUT2D eigenvalue weighted by Crippen LogP contribution is -2.11. The number of anilines is 1. The molecule has 1 aliphatic rings. The van der Waals surface area contributed by atoms with Crippen LogP contribution >= 0.6 is 11.3 Å². The number of nitrogens with one attached hydrogen (secondary N) is 2. The molecular weight excluding hydrogens is 234 g/mol. The average Bonchev–Trinajstić information content (AvgIpc) is 2.94. The molecule has 5 heteroatoms. The molecule has 4 nitrogen and oxygen atoms in total. The maximum atomic E-state index is 12.0. The molecule has 1 aliphatic carbocycles. The van der Waals surface area contributed by atoms with Crippen molar-refractivity contribution < 1.29 is 0 Å². The third-order valence-electron chi connectivity index (χ3n) is 3.08. The van der Waals surface area contributed by atoms with Gasteiger partial charge in [-0.3, -0.25) is 4.79 Å². The van der Waals surface area contributed by atoms with Crippen molar-refractivity contribution in [3.8, 4) is 11.3 Å². The number of H-pyrrole nitrogens is 1. The van der Waals surface area contributed by atoms with Gasteiger partial charge in [0.15, 0.2) is 5.13 Å². The van der Waals surface area contributed by atoms with Crippen LogP contribution in [0.15, 0.2) is 16.2 Å². The topological polar surface area (TPSA) is 57.8 Å². The quantitative estimate of drug-likeness (QED) is 0.853. The van der Waals surface area contributed by atoms with Crippen molar-refractivity contribution in [3.05, 3.63) is 33.1 Å². The first-order chi connectivity index (χ1) is 8.28. The summed E-state index contributed by atoms with van der Waals surface area (Å²) in [5.74, 6) is 0. The number of fused-ring (bicyclic) bond motifs is 1. The highest BCUT2D eigenvalue weighted by molar-refractivity contribution is 7.14. The molecule has 0 amide bonds. The van der Waals surface area contributed by atoms with Crippen LogP contribution in [0.5, 0.6) is 0 Å². The molecular formula is C12H13N3OS. The van der Waals surface area contributed by atoms with E-state index in [0.717, 1.165) is 35.8 Å². The van der Waals surface area contributed by atoms with E-state index in [9.17, 15) is 4.79 Å². The van der Waals surface area contributed by atoms with Gasteiger partial charge in [-0.2, -0.15) is 0 Å². The van der Waals surface area contributed by atoms with Gasteiger partial charge in [0.2, 0.25) is 0 Å². The highest BCUT2D eigenvalue weighted by Gasteiger charge is 2.16. The van der Waals surface area contributed by atoms with E-state index in [4.69, 9.17) is 0 Å². The van der Waals surface area contributed by atoms with E-state index in [1.807, 2.05) is 18.5 Å². The van der Waals surface area contributed by atoms with Crippen molar-refractivity contribution in [2.75, 3.05) is 12.4 Å². The van der Waals surface area contributed by atoms with E-state index in [0.29, 0.717) is 5.56 Å². The van der Waals surface area contributed by atoms with Crippen LogP contribution in [-0.2, 0) is 12.8 Å². The standard InChI is InChI=1S/C12H13N3OS/c1-13-12-15-10(6-17-12)8-5-7-3-2-4-9(7)14-11(8)16/h5-6H,2-4H2,1H3,(H,13,15)(H,14,16). The summed E-state index contributed by atoms with van der Waals surface area (Å²) in [5.41, 5.74) is 3.78. The van der Waals surface area contributed by atoms with Crippen molar-refractivity contribution in [3.63, 3.8) is 0 Å². The van der Waals surface area contributed by atoms with E-state index in [1.165, 1.54) is 16.9 Å². The lowest BCUT2D eigenvalue weighted by molar-refractivity contribution is 0.897. The van der Waals surface area contributed by atoms with Gasteiger partial charge in [-0.15, -0.1) is 11.3 Å². The van der Waals surface area contributed by atoms with Crippen molar-refractivity contribution in [1.29, 1.82) is 0 Å². The van der Waals surface area contributed by atoms with Crippen LogP contribution in [0.4, 0.5) is 5.13 Å². The van der Waals surface area contributed by atoms with Crippen molar-refractivity contribution >= 4 is 16.5 Å². The molecule has 17 heavy (non-hydrogen) atoms. The van der Waals surface area contributed by atoms with E-state index in [1.54, 1.807) is 0 Å². The molecule has 0 aliphatic heterocycles. The maximum absolute atomic E-state index is 12.0. The van der Waals surface area contributed by atoms with Crippen LogP contribution in [0.25, 0.3) is 11.3 Å². The Morgan fingerprint density at radius 3 is 3.12 bits per heavy atom. The molecule has 0 bridgehead atoms. The Morgan fingerprint density at radius 2 is 2.35 bits per heavy atom. The molecule has 2 aromatic rings. The van der Waals surface area contributed by atoms with Gasteiger partial charge < -0.3 is 10.3 Å². The van der Waals surface area contributed by atoms with E-state index < -0.39 is 0 Å². The normalized spacial score (nSPS) is 13.7. The minimum absolute atomic E-state index is 0.0291. The van der Waals surface area contributed by atoms with Crippen LogP contribution in [0.3, 0.4) is 0 Å². The van der Waals surface area contributed by atoms with Gasteiger partial charge >= 0.3 is 0 Å². The Balaban J connectivity index is 2.11. The number of hydrogen-bond acceptors (Lipinski definition) is 4. The number of thiazole rings is 1. The maximum Gasteiger partial charge on any atom is 0.257 e. The lowest BCUT2D eigenvalue weighted by atomic mass is 10.1. The first-order valence-corrected chi connectivity index (χ1v) is 6.54. The van der Waals surface area contributed by atoms with Crippen LogP contribution in [0.2, 0.25) is 0 Å². The smallest absolute Gasteiger partial charge is 0.257 e. The molecule has 2 heterocycles. The molecule has 0 spiro atoms. The molecule has 0 aromatic carbocycles. The summed E-state index contributed by atoms with van der Waals surface area (Å²) in [4.78, 5) is 19.3. The molecule has 3 rings (SSSR count). The fourth-order valence-electron chi connectivity index (χ4n) is 2.22. The summed E-state index contributed by atoms with van der Waals surface area (Å²) in [6.45, 7) is 0. The van der Waals surface area contributed by atoms with Gasteiger partial charge in [0.05, 0.1) is 11.3 Å². The molecule has 2 aromatic heterocycles. The molecule has 0 unspecified atom stereocenters. The van der Waals surface area contributed by atoms with Crippen LogP contribution < -0.4 is 10.9 Å². The first kappa shape index (κ1) is 10.5. The monoisotopic (exact) mass is 247 g/mol. The van der Waals surface area contributed by atoms with E-state index in [-0.39, 0.29) is 5.56 Å². The van der Waals surface area contributed by atoms with Crippen LogP contribution in [0, 0.1) is 0 Å². The third kappa shape index (κ3) is 1.76. The number of nitrogens with zero attached hydrogens (tertiary/aromatic N) is 1. The fourth-order valence-corrected chi connectivity index (χ4v) is 2.89. The second kappa shape index (κ2) is 4.00. The summed E-state index contributed by atoms with van der Waals surface area (Å²) >= 11 is 1.51. The van der Waals surface area contributed by atoms with E-state index in [2.05, 4.69) is 15.3 Å². The lowest BCUT2D eigenvalue weighted by Gasteiger charge is -2.01. The summed E-state index contributed by atoms with van der Waals surface area (Å²) in [5, 5.41) is 5.73. The molecule has 0 atom stereocenters. The number of rotatable bonds is 2. The summed E-state index contributed by atoms with van der Waals surface area (Å²) in [6.07, 6.45) is 3.18. The van der Waals surface area contributed by atoms with Crippen molar-refractivity contribution in [1.82, 2.24) is 9.97 Å². The largest absolute Gasteiger partial charge is 0.365 e. The van der Waals surface area contributed by atoms with Crippen molar-refractivity contribution in [2.45, 2.75) is 19.3 Å². The zero-order valence-electron chi connectivity index (χ0n) is 9.54. The Kier molecular flexibility index (Phi) is 2.48. The fraction of sp³-hybridized carbons (Fsp3) is 0.333. The predicted octanol–water partition coefficient (Wildman–Crippen LogP) is 2.03. The Morgan fingerprint density at radius 1 is 1.47 bits per heavy atom. The Bertz CT molecular complexity index is 614. The minimum Gasteiger partial charge on any atom is -0.365 e. The van der Waals surface area contributed by atoms with Crippen LogP contribution in [-0.4, -0.2) is 17.0 Å². The first-order valence-electron chi connectivity index (χ1n) is 5.66. The van der Waals surface area contributed by atoms with Gasteiger partial charge in [-0.05, 0) is 30.9 Å². The van der Waals surface area contributed by atoms with Crippen molar-refractivity contribution in [2.24, 2.45) is 0 Å². The number of aryl methyl sites for hydroxylation is 2. The SMILES string of the molecule is CNc1nc(-c2cc3c([nH]c2=O)CCC3)cs1. The van der Waals surface area contributed by atoms with Gasteiger partial charge in [0.25, 0.3) is 5.56 Å². The van der Waals surface area contributed by atoms with Gasteiger partial charge in [-0.1, -0.05) is 0 Å². The zero-order chi connectivity index (χ0) is 11.8. The summed E-state index contributed by atoms with van der Waals surface area (Å²) < 4.78 is 0. The summed E-state index contributed by atoms with van der Waals surface area (Å²) in [7, 11) is 1.83. The van der Waals surface area contributed by atoms with E-state index >= 15 is 0 Å². The molecule has 0 saturated carbocycles. The van der Waals surface area contributed by atoms with Crippen LogP contribution in [0.1, 0.15) is 17.7 Å². The Hall–Kier alpha value is -1.62. The molecule has 2 N–H and O–H groups in total. The third-order valence-corrected chi connectivity index (χ3v) is 3.94. The molecule has 0 radical (unpaired) electrons. The number of hydrogen-bond donors (Lipinski definition) is 2. The molecule has 88 valence electrons. The second-order valence-corrected chi connectivity index (χ2v) is 5.02. The number of aromatic amines is 1. The summed E-state index contributed by atoms with van der Waals surface area (Å²) in [6, 6.07) is 2.00. The van der Waals surface area contributed by atoms with Gasteiger partial charge in [0, 0.05) is 18.1 Å². The number of pyridine rings is 1. The zero-order valence-corrected chi connectivity index (χ0v) is 10.4. The highest BCUT2D eigenvalue weighted by atomic mass is 32.1. The molecule has 0 fully saturated rings. The van der Waals surface area contributed by atoms with Gasteiger partial charge in [-0.25, -0.2) is 4.98 Å². The average molecular weight is 247 g/mol. The Labute approximate surface area is 103 Å². The number of aromatic nitrogens is 2.